The van der Waals surface area contributed by atoms with Crippen molar-refractivity contribution >= 4 is 35.0 Å². The van der Waals surface area contributed by atoms with Crippen molar-refractivity contribution in [1.82, 2.24) is 4.98 Å². The lowest BCUT2D eigenvalue weighted by Gasteiger charge is -2.08. The van der Waals surface area contributed by atoms with Crippen LogP contribution in [-0.4, -0.2) is 4.98 Å². The molecule has 17 heavy (non-hydrogen) atoms. The predicted octanol–water partition coefficient (Wildman–Crippen LogP) is 4.00. The average molecular weight is 285 g/mol. The molecule has 0 amide bonds. The summed E-state index contributed by atoms with van der Waals surface area (Å²) in [6.45, 7) is 0.455. The van der Waals surface area contributed by atoms with Crippen LogP contribution in [0.1, 0.15) is 5.56 Å². The van der Waals surface area contributed by atoms with Crippen LogP contribution in [0, 0.1) is 0 Å². The first-order chi connectivity index (χ1) is 8.20. The summed E-state index contributed by atoms with van der Waals surface area (Å²) < 4.78 is 0. The number of hydrogen-bond acceptors (Lipinski definition) is 3. The van der Waals surface area contributed by atoms with Crippen molar-refractivity contribution in [1.29, 1.82) is 0 Å². The van der Waals surface area contributed by atoms with Gasteiger partial charge >= 0.3 is 0 Å². The van der Waals surface area contributed by atoms with Crippen molar-refractivity contribution in [2.24, 2.45) is 5.73 Å². The molecule has 0 aliphatic carbocycles. The second kappa shape index (κ2) is 5.74. The van der Waals surface area contributed by atoms with Crippen LogP contribution in [-0.2, 0) is 6.54 Å². The molecule has 2 rings (SSSR count). The summed E-state index contributed by atoms with van der Waals surface area (Å²) in [4.78, 5) is 5.17. The number of benzene rings is 1. The Bertz CT molecular complexity index is 514. The molecule has 1 heterocycles. The minimum Gasteiger partial charge on any atom is -0.326 e. The summed E-state index contributed by atoms with van der Waals surface area (Å²) in [7, 11) is 0. The van der Waals surface area contributed by atoms with Crippen LogP contribution in [0.15, 0.2) is 46.5 Å². The van der Waals surface area contributed by atoms with Gasteiger partial charge in [-0.05, 0) is 23.8 Å². The first kappa shape index (κ1) is 12.7. The van der Waals surface area contributed by atoms with Crippen molar-refractivity contribution in [2.75, 3.05) is 0 Å². The third-order valence-corrected chi connectivity index (χ3v) is 3.96. The van der Waals surface area contributed by atoms with Crippen LogP contribution < -0.4 is 5.73 Å². The maximum atomic E-state index is 6.16. The molecule has 0 spiro atoms. The van der Waals surface area contributed by atoms with Gasteiger partial charge in [-0.2, -0.15) is 0 Å². The molecule has 2 N–H and O–H groups in total. The summed E-state index contributed by atoms with van der Waals surface area (Å²) in [6.07, 6.45) is 1.61. The molecular formula is C12H10Cl2N2S. The van der Waals surface area contributed by atoms with Gasteiger partial charge in [0.2, 0.25) is 0 Å². The van der Waals surface area contributed by atoms with Crippen LogP contribution in [0.2, 0.25) is 10.0 Å². The Hall–Kier alpha value is -0.740. The van der Waals surface area contributed by atoms with Gasteiger partial charge < -0.3 is 5.73 Å². The molecule has 2 aromatic rings. The molecule has 0 fully saturated rings. The first-order valence-corrected chi connectivity index (χ1v) is 6.55. The fraction of sp³-hybridized carbons (Fsp3) is 0.0833. The van der Waals surface area contributed by atoms with Gasteiger partial charge in [-0.3, -0.25) is 0 Å². The molecule has 0 aliphatic rings. The molecule has 2 nitrogen and oxygen atoms in total. The van der Waals surface area contributed by atoms with E-state index in [0.717, 1.165) is 15.5 Å². The minimum atomic E-state index is 0.455. The summed E-state index contributed by atoms with van der Waals surface area (Å²) in [5.74, 6) is 0. The third kappa shape index (κ3) is 3.13. The lowest BCUT2D eigenvalue weighted by molar-refractivity contribution is 1.02. The first-order valence-electron chi connectivity index (χ1n) is 4.97. The van der Waals surface area contributed by atoms with Gasteiger partial charge in [0.05, 0.1) is 10.0 Å². The minimum absolute atomic E-state index is 0.455. The van der Waals surface area contributed by atoms with E-state index >= 15 is 0 Å². The van der Waals surface area contributed by atoms with Crippen LogP contribution >= 0.6 is 35.0 Å². The summed E-state index contributed by atoms with van der Waals surface area (Å²) in [6, 6.07) is 9.36. The number of nitrogens with two attached hydrogens (primary N) is 1. The van der Waals surface area contributed by atoms with Crippen LogP contribution in [0.4, 0.5) is 0 Å². The van der Waals surface area contributed by atoms with E-state index in [9.17, 15) is 0 Å². The predicted molar refractivity (Wildman–Crippen MR) is 72.7 cm³/mol. The smallest absolute Gasteiger partial charge is 0.101 e. The summed E-state index contributed by atoms with van der Waals surface area (Å²) in [5, 5.41) is 2.15. The molecule has 88 valence electrons. The average Bonchev–Trinajstić information content (AvgIpc) is 2.34. The highest BCUT2D eigenvalue weighted by Crippen LogP contribution is 2.35. The Kier molecular flexibility index (Phi) is 4.29. The van der Waals surface area contributed by atoms with Crippen molar-refractivity contribution in [2.45, 2.75) is 16.5 Å². The Morgan fingerprint density at radius 3 is 2.65 bits per heavy atom. The van der Waals surface area contributed by atoms with Crippen molar-refractivity contribution in [3.63, 3.8) is 0 Å². The van der Waals surface area contributed by atoms with E-state index in [1.807, 2.05) is 24.3 Å². The molecule has 1 aromatic heterocycles. The van der Waals surface area contributed by atoms with Crippen LogP contribution in [0.3, 0.4) is 0 Å². The van der Waals surface area contributed by atoms with Crippen molar-refractivity contribution in [3.05, 3.63) is 52.1 Å². The van der Waals surface area contributed by atoms with E-state index in [1.165, 1.54) is 11.8 Å². The Morgan fingerprint density at radius 1 is 1.18 bits per heavy atom. The lowest BCUT2D eigenvalue weighted by Crippen LogP contribution is -1.98. The summed E-state index contributed by atoms with van der Waals surface area (Å²) >= 11 is 13.4. The third-order valence-electron chi connectivity index (χ3n) is 2.18. The van der Waals surface area contributed by atoms with Gasteiger partial charge in [-0.1, -0.05) is 47.1 Å². The highest BCUT2D eigenvalue weighted by Gasteiger charge is 2.08. The standard InChI is InChI=1S/C12H10Cl2N2S/c13-9-4-5-11(16-7-9)17-12-8(6-15)2-1-3-10(12)14/h1-5,7H,6,15H2. The highest BCUT2D eigenvalue weighted by molar-refractivity contribution is 7.99. The van der Waals surface area contributed by atoms with Gasteiger partial charge in [0, 0.05) is 17.6 Å². The zero-order valence-corrected chi connectivity index (χ0v) is 11.2. The van der Waals surface area contributed by atoms with E-state index in [0.29, 0.717) is 16.6 Å². The molecular weight excluding hydrogens is 275 g/mol. The molecule has 0 atom stereocenters. The summed E-state index contributed by atoms with van der Waals surface area (Å²) in [5.41, 5.74) is 6.70. The maximum absolute atomic E-state index is 6.16. The molecule has 0 bridgehead atoms. The molecule has 0 radical (unpaired) electrons. The van der Waals surface area contributed by atoms with E-state index in [2.05, 4.69) is 4.98 Å². The number of hydrogen-bond donors (Lipinski definition) is 1. The van der Waals surface area contributed by atoms with Gasteiger partial charge in [-0.15, -0.1) is 0 Å². The number of nitrogens with zero attached hydrogens (tertiary/aromatic N) is 1. The number of aromatic nitrogens is 1. The number of rotatable bonds is 3. The Labute approximate surface area is 114 Å². The normalized spacial score (nSPS) is 10.5. The fourth-order valence-electron chi connectivity index (χ4n) is 1.36. The second-order valence-corrected chi connectivity index (χ2v) is 5.22. The van der Waals surface area contributed by atoms with Crippen LogP contribution in [0.25, 0.3) is 0 Å². The zero-order chi connectivity index (χ0) is 12.3. The molecule has 0 unspecified atom stereocenters. The SMILES string of the molecule is NCc1cccc(Cl)c1Sc1ccc(Cl)cn1. The van der Waals surface area contributed by atoms with Crippen molar-refractivity contribution in [3.8, 4) is 0 Å². The van der Waals surface area contributed by atoms with E-state index < -0.39 is 0 Å². The monoisotopic (exact) mass is 284 g/mol. The van der Waals surface area contributed by atoms with Gasteiger partial charge in [0.15, 0.2) is 0 Å². The number of pyridine rings is 1. The van der Waals surface area contributed by atoms with Gasteiger partial charge in [0.1, 0.15) is 5.03 Å². The molecule has 0 saturated carbocycles. The highest BCUT2D eigenvalue weighted by atomic mass is 35.5. The Morgan fingerprint density at radius 2 is 2.00 bits per heavy atom. The van der Waals surface area contributed by atoms with Gasteiger partial charge in [-0.25, -0.2) is 4.98 Å². The van der Waals surface area contributed by atoms with Gasteiger partial charge in [0.25, 0.3) is 0 Å². The van der Waals surface area contributed by atoms with E-state index in [4.69, 9.17) is 28.9 Å². The zero-order valence-electron chi connectivity index (χ0n) is 8.86. The number of halogens is 2. The van der Waals surface area contributed by atoms with E-state index in [-0.39, 0.29) is 0 Å². The quantitative estimate of drug-likeness (QED) is 0.926. The van der Waals surface area contributed by atoms with Crippen molar-refractivity contribution < 1.29 is 0 Å². The molecule has 1 aromatic carbocycles. The van der Waals surface area contributed by atoms with E-state index in [1.54, 1.807) is 12.3 Å². The molecule has 0 saturated heterocycles. The largest absolute Gasteiger partial charge is 0.326 e. The maximum Gasteiger partial charge on any atom is 0.101 e. The molecule has 5 heteroatoms. The Balaban J connectivity index is 2.32. The second-order valence-electron chi connectivity index (χ2n) is 3.35. The molecule has 0 aliphatic heterocycles. The topological polar surface area (TPSA) is 38.9 Å². The van der Waals surface area contributed by atoms with Crippen LogP contribution in [0.5, 0.6) is 0 Å². The fourth-order valence-corrected chi connectivity index (χ4v) is 2.68. The lowest BCUT2D eigenvalue weighted by atomic mass is 10.2.